The van der Waals surface area contributed by atoms with Gasteiger partial charge in [0.15, 0.2) is 0 Å². The number of esters is 1. The summed E-state index contributed by atoms with van der Waals surface area (Å²) in [5.74, 6) is -0.0918. The molecule has 1 fully saturated rings. The third-order valence-corrected chi connectivity index (χ3v) is 4.28. The monoisotopic (exact) mass is 408 g/mol. The summed E-state index contributed by atoms with van der Waals surface area (Å²) in [5.41, 5.74) is -0.735. The highest BCUT2D eigenvalue weighted by Gasteiger charge is 2.28. The molecule has 0 heterocycles. The Balaban J connectivity index is 1.93. The van der Waals surface area contributed by atoms with Crippen LogP contribution in [0.25, 0.3) is 0 Å². The molecule has 0 aromatic heterocycles. The molecule has 1 aliphatic carbocycles. The zero-order chi connectivity index (χ0) is 21.4. The van der Waals surface area contributed by atoms with Crippen LogP contribution in [-0.4, -0.2) is 41.3 Å². The van der Waals surface area contributed by atoms with Crippen molar-refractivity contribution in [1.82, 2.24) is 5.32 Å². The minimum Gasteiger partial charge on any atom is -0.493 e. The fourth-order valence-corrected chi connectivity index (χ4v) is 2.91. The van der Waals surface area contributed by atoms with Gasteiger partial charge < -0.3 is 19.5 Å². The van der Waals surface area contributed by atoms with E-state index in [1.807, 2.05) is 0 Å². The predicted octanol–water partition coefficient (Wildman–Crippen LogP) is 3.74. The van der Waals surface area contributed by atoms with E-state index < -0.39 is 28.6 Å². The van der Waals surface area contributed by atoms with Crippen LogP contribution in [0, 0.1) is 10.1 Å². The second-order valence-electron chi connectivity index (χ2n) is 7.93. The number of benzene rings is 1. The highest BCUT2D eigenvalue weighted by molar-refractivity contribution is 5.81. The Hall–Kier alpha value is -2.84. The van der Waals surface area contributed by atoms with Gasteiger partial charge in [-0.15, -0.1) is 0 Å². The molecule has 1 aromatic rings. The minimum atomic E-state index is -0.913. The van der Waals surface area contributed by atoms with Crippen LogP contribution in [-0.2, 0) is 14.3 Å². The van der Waals surface area contributed by atoms with E-state index in [0.29, 0.717) is 5.75 Å². The Morgan fingerprint density at radius 1 is 1.21 bits per heavy atom. The van der Waals surface area contributed by atoms with Gasteiger partial charge in [-0.1, -0.05) is 0 Å². The molecule has 0 bridgehead atoms. The average molecular weight is 408 g/mol. The molecule has 29 heavy (non-hydrogen) atoms. The lowest BCUT2D eigenvalue weighted by atomic mass is 10.2. The maximum atomic E-state index is 12.5. The van der Waals surface area contributed by atoms with E-state index in [4.69, 9.17) is 14.2 Å². The normalized spacial score (nSPS) is 15.4. The molecule has 0 saturated heterocycles. The molecule has 1 aliphatic rings. The fourth-order valence-electron chi connectivity index (χ4n) is 2.91. The molecule has 0 spiro atoms. The Bertz CT molecular complexity index is 707. The van der Waals surface area contributed by atoms with E-state index in [1.165, 1.54) is 24.3 Å². The van der Waals surface area contributed by atoms with Crippen LogP contribution in [0.3, 0.4) is 0 Å². The fraction of sp³-hybridized carbons (Fsp3) is 0.600. The van der Waals surface area contributed by atoms with Gasteiger partial charge in [-0.25, -0.2) is 9.59 Å². The van der Waals surface area contributed by atoms with Crippen LogP contribution in [0.15, 0.2) is 24.3 Å². The number of rotatable bonds is 8. The van der Waals surface area contributed by atoms with E-state index in [0.717, 1.165) is 25.7 Å². The number of amides is 1. The summed E-state index contributed by atoms with van der Waals surface area (Å²) in [6.45, 7) is 5.31. The van der Waals surface area contributed by atoms with Crippen LogP contribution in [0.5, 0.6) is 5.75 Å². The number of nitrogens with zero attached hydrogens (tertiary/aromatic N) is 1. The Morgan fingerprint density at radius 3 is 2.38 bits per heavy atom. The number of nitro benzene ring substituents is 1. The lowest BCUT2D eigenvalue weighted by Crippen LogP contribution is -2.45. The second-order valence-corrected chi connectivity index (χ2v) is 7.93. The van der Waals surface area contributed by atoms with Gasteiger partial charge >= 0.3 is 12.1 Å². The maximum Gasteiger partial charge on any atom is 0.408 e. The van der Waals surface area contributed by atoms with Crippen molar-refractivity contribution in [2.45, 2.75) is 70.6 Å². The lowest BCUT2D eigenvalue weighted by molar-refractivity contribution is -0.384. The summed E-state index contributed by atoms with van der Waals surface area (Å²) < 4.78 is 16.3. The van der Waals surface area contributed by atoms with E-state index in [9.17, 15) is 19.7 Å². The van der Waals surface area contributed by atoms with Crippen molar-refractivity contribution >= 4 is 17.7 Å². The molecule has 1 atom stereocenters. The number of non-ortho nitro benzene ring substituents is 1. The van der Waals surface area contributed by atoms with Gasteiger partial charge in [0.1, 0.15) is 23.5 Å². The number of hydrogen-bond acceptors (Lipinski definition) is 7. The highest BCUT2D eigenvalue weighted by Crippen LogP contribution is 2.22. The molecule has 9 heteroatoms. The quantitative estimate of drug-likeness (QED) is 0.395. The summed E-state index contributed by atoms with van der Waals surface area (Å²) in [5, 5.41) is 13.2. The smallest absolute Gasteiger partial charge is 0.408 e. The lowest BCUT2D eigenvalue weighted by Gasteiger charge is -2.24. The standard InChI is InChI=1S/C20H28N2O7/c1-20(2,3)29-19(24)21-17(18(23)28-16-6-4-5-7-16)12-13-27-15-10-8-14(9-11-15)22(25)26/h8-11,16-17H,4-7,12-13H2,1-3H3,(H,21,24). The van der Waals surface area contributed by atoms with E-state index in [1.54, 1.807) is 20.8 Å². The van der Waals surface area contributed by atoms with Gasteiger partial charge in [-0.2, -0.15) is 0 Å². The zero-order valence-electron chi connectivity index (χ0n) is 17.0. The SMILES string of the molecule is CC(C)(C)OC(=O)NC(CCOc1ccc([N+](=O)[O-])cc1)C(=O)OC1CCCC1. The third-order valence-electron chi connectivity index (χ3n) is 4.28. The number of hydrogen-bond donors (Lipinski definition) is 1. The van der Waals surface area contributed by atoms with Gasteiger partial charge in [0.2, 0.25) is 0 Å². The molecule has 1 saturated carbocycles. The van der Waals surface area contributed by atoms with E-state index in [2.05, 4.69) is 5.32 Å². The number of carbonyl (C=O) groups is 2. The zero-order valence-corrected chi connectivity index (χ0v) is 17.0. The summed E-state index contributed by atoms with van der Waals surface area (Å²) >= 11 is 0. The van der Waals surface area contributed by atoms with Gasteiger partial charge in [-0.05, 0) is 58.6 Å². The van der Waals surface area contributed by atoms with Gasteiger partial charge in [0.25, 0.3) is 5.69 Å². The molecule has 1 N–H and O–H groups in total. The van der Waals surface area contributed by atoms with E-state index >= 15 is 0 Å². The van der Waals surface area contributed by atoms with Crippen LogP contribution < -0.4 is 10.1 Å². The van der Waals surface area contributed by atoms with Crippen molar-refractivity contribution < 1.29 is 28.7 Å². The van der Waals surface area contributed by atoms with E-state index in [-0.39, 0.29) is 24.8 Å². The Kier molecular flexibility index (Phi) is 7.81. The molecule has 0 aliphatic heterocycles. The molecule has 1 unspecified atom stereocenters. The van der Waals surface area contributed by atoms with Gasteiger partial charge in [0, 0.05) is 18.6 Å². The molecular formula is C20H28N2O7. The topological polar surface area (TPSA) is 117 Å². The molecule has 1 aromatic carbocycles. The predicted molar refractivity (Wildman–Crippen MR) is 105 cm³/mol. The first kappa shape index (κ1) is 22.4. The van der Waals surface area contributed by atoms with Crippen LogP contribution >= 0.6 is 0 Å². The number of nitro groups is 1. The van der Waals surface area contributed by atoms with Crippen LogP contribution in [0.2, 0.25) is 0 Å². The summed E-state index contributed by atoms with van der Waals surface area (Å²) in [6.07, 6.45) is 3.02. The number of nitrogens with one attached hydrogen (secondary N) is 1. The van der Waals surface area contributed by atoms with Gasteiger partial charge in [0.05, 0.1) is 11.5 Å². The van der Waals surface area contributed by atoms with Crippen molar-refractivity contribution in [2.24, 2.45) is 0 Å². The molecular weight excluding hydrogens is 380 g/mol. The molecule has 1 amide bonds. The highest BCUT2D eigenvalue weighted by atomic mass is 16.6. The van der Waals surface area contributed by atoms with Crippen LogP contribution in [0.4, 0.5) is 10.5 Å². The molecule has 160 valence electrons. The number of ether oxygens (including phenoxy) is 3. The first-order chi connectivity index (χ1) is 13.6. The largest absolute Gasteiger partial charge is 0.493 e. The van der Waals surface area contributed by atoms with Crippen molar-refractivity contribution in [2.75, 3.05) is 6.61 Å². The number of alkyl carbamates (subject to hydrolysis) is 1. The third kappa shape index (κ3) is 7.97. The van der Waals surface area contributed by atoms with Crippen molar-refractivity contribution in [3.05, 3.63) is 34.4 Å². The second kappa shape index (κ2) is 10.1. The average Bonchev–Trinajstić information content (AvgIpc) is 3.12. The van der Waals surface area contributed by atoms with Crippen molar-refractivity contribution in [1.29, 1.82) is 0 Å². The molecule has 2 rings (SSSR count). The molecule has 0 radical (unpaired) electrons. The number of carbonyl (C=O) groups excluding carboxylic acids is 2. The maximum absolute atomic E-state index is 12.5. The van der Waals surface area contributed by atoms with Crippen LogP contribution in [0.1, 0.15) is 52.9 Å². The van der Waals surface area contributed by atoms with Crippen molar-refractivity contribution in [3.8, 4) is 5.75 Å². The Labute approximate surface area is 169 Å². The first-order valence-corrected chi connectivity index (χ1v) is 9.71. The van der Waals surface area contributed by atoms with Crippen molar-refractivity contribution in [3.63, 3.8) is 0 Å². The van der Waals surface area contributed by atoms with Gasteiger partial charge in [-0.3, -0.25) is 10.1 Å². The summed E-state index contributed by atoms with van der Waals surface area (Å²) in [7, 11) is 0. The molecule has 9 nitrogen and oxygen atoms in total. The first-order valence-electron chi connectivity index (χ1n) is 9.71. The Morgan fingerprint density at radius 2 is 1.83 bits per heavy atom. The minimum absolute atomic E-state index is 0.0399. The summed E-state index contributed by atoms with van der Waals surface area (Å²) in [4.78, 5) is 34.8. The summed E-state index contributed by atoms with van der Waals surface area (Å²) in [6, 6.07) is 4.71.